The van der Waals surface area contributed by atoms with Gasteiger partial charge in [-0.3, -0.25) is 4.79 Å². The minimum absolute atomic E-state index is 0.0717. The molecule has 1 aliphatic carbocycles. The molecule has 0 amide bonds. The van der Waals surface area contributed by atoms with Gasteiger partial charge in [-0.1, -0.05) is 13.5 Å². The van der Waals surface area contributed by atoms with Gasteiger partial charge in [0.05, 0.1) is 29.0 Å². The lowest BCUT2D eigenvalue weighted by atomic mass is 9.82. The van der Waals surface area contributed by atoms with E-state index in [1.807, 2.05) is 13.0 Å². The monoisotopic (exact) mass is 433 g/mol. The third-order valence-corrected chi connectivity index (χ3v) is 7.59. The highest BCUT2D eigenvalue weighted by Crippen LogP contribution is 2.46. The van der Waals surface area contributed by atoms with Crippen LogP contribution in [-0.2, 0) is 29.9 Å². The standard InChI is InChI=1S/C25H24FN3O3/c1-4-25(31)12(3)32-10-15-16(25)7-20-23-14(9-29(20)24(15)30)21-18(27)6-5-13-11(2)17(26)8-19(28-23)22(13)21/h7-8,18,31H,3-6,9-10,27H2,1-2H3/t18-,25+/m0/s1. The number of ether oxygens (including phenoxy) is 1. The highest BCUT2D eigenvalue weighted by molar-refractivity contribution is 5.92. The zero-order valence-electron chi connectivity index (χ0n) is 18.1. The smallest absolute Gasteiger partial charge is 0.258 e. The van der Waals surface area contributed by atoms with Gasteiger partial charge in [0.15, 0.2) is 0 Å². The number of aromatic nitrogens is 2. The Labute approximate surface area is 184 Å². The summed E-state index contributed by atoms with van der Waals surface area (Å²) in [6, 6.07) is 3.08. The zero-order chi connectivity index (χ0) is 22.5. The molecule has 0 unspecified atom stereocenters. The molecule has 32 heavy (non-hydrogen) atoms. The van der Waals surface area contributed by atoms with Crippen molar-refractivity contribution in [2.75, 3.05) is 0 Å². The molecule has 0 fully saturated rings. The summed E-state index contributed by atoms with van der Waals surface area (Å²) in [5.41, 5.74) is 11.1. The van der Waals surface area contributed by atoms with Gasteiger partial charge in [0, 0.05) is 28.6 Å². The maximum atomic E-state index is 14.7. The van der Waals surface area contributed by atoms with E-state index in [4.69, 9.17) is 15.5 Å². The number of nitrogens with two attached hydrogens (primary N) is 1. The normalized spacial score (nSPS) is 23.0. The zero-order valence-corrected chi connectivity index (χ0v) is 18.1. The van der Waals surface area contributed by atoms with Crippen molar-refractivity contribution in [2.24, 2.45) is 5.73 Å². The molecule has 0 saturated carbocycles. The van der Waals surface area contributed by atoms with Crippen molar-refractivity contribution in [3.05, 3.63) is 74.0 Å². The minimum atomic E-state index is -1.44. The molecule has 3 aromatic rings. The lowest BCUT2D eigenvalue weighted by Gasteiger charge is -2.35. The number of halogens is 1. The van der Waals surface area contributed by atoms with E-state index in [1.54, 1.807) is 11.5 Å². The fourth-order valence-corrected chi connectivity index (χ4v) is 5.71. The SMILES string of the molecule is C=C1OCc2c(cc3n(c2=O)Cc2c-3nc3cc(F)c(C)c4c3c2[C@@H](N)CC4)[C@@]1(O)CC. The van der Waals surface area contributed by atoms with E-state index in [0.29, 0.717) is 59.4 Å². The van der Waals surface area contributed by atoms with Crippen LogP contribution in [0.5, 0.6) is 0 Å². The van der Waals surface area contributed by atoms with Crippen molar-refractivity contribution in [1.82, 2.24) is 9.55 Å². The van der Waals surface area contributed by atoms with Crippen LogP contribution in [0.2, 0.25) is 0 Å². The highest BCUT2D eigenvalue weighted by atomic mass is 19.1. The van der Waals surface area contributed by atoms with Gasteiger partial charge in [0.25, 0.3) is 5.56 Å². The Bertz CT molecular complexity index is 1440. The number of hydrogen-bond donors (Lipinski definition) is 2. The second-order valence-corrected chi connectivity index (χ2v) is 9.09. The molecule has 0 bridgehead atoms. The quantitative estimate of drug-likeness (QED) is 0.480. The van der Waals surface area contributed by atoms with E-state index in [-0.39, 0.29) is 29.8 Å². The van der Waals surface area contributed by atoms with Crippen LogP contribution >= 0.6 is 0 Å². The van der Waals surface area contributed by atoms with Gasteiger partial charge in [-0.25, -0.2) is 9.37 Å². The lowest BCUT2D eigenvalue weighted by molar-refractivity contribution is -0.0172. The first kappa shape index (κ1) is 19.6. The summed E-state index contributed by atoms with van der Waals surface area (Å²) in [6.45, 7) is 7.90. The Morgan fingerprint density at radius 1 is 1.38 bits per heavy atom. The largest absolute Gasteiger partial charge is 0.490 e. The molecule has 2 atom stereocenters. The molecule has 0 saturated heterocycles. The number of nitrogens with zero attached hydrogens (tertiary/aromatic N) is 2. The van der Waals surface area contributed by atoms with Crippen LogP contribution in [0.3, 0.4) is 0 Å². The molecule has 3 aliphatic rings. The summed E-state index contributed by atoms with van der Waals surface area (Å²) >= 11 is 0. The minimum Gasteiger partial charge on any atom is -0.490 e. The molecule has 2 aliphatic heterocycles. The summed E-state index contributed by atoms with van der Waals surface area (Å²) in [6.07, 6.45) is 1.75. The van der Waals surface area contributed by atoms with Crippen molar-refractivity contribution < 1.29 is 14.2 Å². The molecule has 4 heterocycles. The molecule has 3 N–H and O–H groups in total. The Morgan fingerprint density at radius 2 is 2.16 bits per heavy atom. The first-order valence-electron chi connectivity index (χ1n) is 11.0. The van der Waals surface area contributed by atoms with Gasteiger partial charge in [-0.15, -0.1) is 0 Å². The second-order valence-electron chi connectivity index (χ2n) is 9.09. The molecular weight excluding hydrogens is 409 g/mol. The maximum Gasteiger partial charge on any atom is 0.258 e. The third kappa shape index (κ3) is 2.25. The summed E-state index contributed by atoms with van der Waals surface area (Å²) in [5.74, 6) is -0.0446. The van der Waals surface area contributed by atoms with E-state index in [9.17, 15) is 14.3 Å². The summed E-state index contributed by atoms with van der Waals surface area (Å²) in [7, 11) is 0. The van der Waals surface area contributed by atoms with Crippen LogP contribution in [0, 0.1) is 12.7 Å². The van der Waals surface area contributed by atoms with E-state index in [1.165, 1.54) is 6.07 Å². The maximum absolute atomic E-state index is 14.7. The number of benzene rings is 1. The van der Waals surface area contributed by atoms with E-state index in [2.05, 4.69) is 6.58 Å². The molecule has 1 aromatic carbocycles. The fourth-order valence-electron chi connectivity index (χ4n) is 5.71. The van der Waals surface area contributed by atoms with E-state index in [0.717, 1.165) is 22.1 Å². The Hall–Kier alpha value is -3.03. The van der Waals surface area contributed by atoms with Crippen LogP contribution in [-0.4, -0.2) is 14.7 Å². The van der Waals surface area contributed by atoms with E-state index >= 15 is 0 Å². The topological polar surface area (TPSA) is 90.4 Å². The summed E-state index contributed by atoms with van der Waals surface area (Å²) < 4.78 is 21.9. The molecule has 0 radical (unpaired) electrons. The Morgan fingerprint density at radius 3 is 2.91 bits per heavy atom. The highest BCUT2D eigenvalue weighted by Gasteiger charge is 2.42. The van der Waals surface area contributed by atoms with Crippen LogP contribution in [0.15, 0.2) is 29.3 Å². The molecule has 0 spiro atoms. The Kier molecular flexibility index (Phi) is 3.85. The molecule has 164 valence electrons. The average molecular weight is 433 g/mol. The number of aliphatic hydroxyl groups is 1. The van der Waals surface area contributed by atoms with Gasteiger partial charge in [-0.05, 0) is 48.9 Å². The predicted molar refractivity (Wildman–Crippen MR) is 119 cm³/mol. The number of fused-ring (bicyclic) bond motifs is 5. The third-order valence-electron chi connectivity index (χ3n) is 7.59. The van der Waals surface area contributed by atoms with Gasteiger partial charge < -0.3 is 20.1 Å². The predicted octanol–water partition coefficient (Wildman–Crippen LogP) is 3.46. The van der Waals surface area contributed by atoms with Crippen molar-refractivity contribution in [3.63, 3.8) is 0 Å². The summed E-state index contributed by atoms with van der Waals surface area (Å²) in [4.78, 5) is 18.3. The van der Waals surface area contributed by atoms with Crippen LogP contribution < -0.4 is 11.3 Å². The van der Waals surface area contributed by atoms with Crippen molar-refractivity contribution in [3.8, 4) is 11.4 Å². The molecular formula is C25H24FN3O3. The van der Waals surface area contributed by atoms with Gasteiger partial charge in [-0.2, -0.15) is 0 Å². The second kappa shape index (κ2) is 6.27. The van der Waals surface area contributed by atoms with E-state index < -0.39 is 5.60 Å². The van der Waals surface area contributed by atoms with Crippen molar-refractivity contribution in [2.45, 2.75) is 57.9 Å². The van der Waals surface area contributed by atoms with Gasteiger partial charge in [0.2, 0.25) is 0 Å². The number of hydrogen-bond acceptors (Lipinski definition) is 5. The average Bonchev–Trinajstić information content (AvgIpc) is 3.14. The van der Waals surface area contributed by atoms with Gasteiger partial charge >= 0.3 is 0 Å². The molecule has 6 rings (SSSR count). The van der Waals surface area contributed by atoms with Crippen LogP contribution in [0.25, 0.3) is 22.3 Å². The first-order chi connectivity index (χ1) is 15.3. The van der Waals surface area contributed by atoms with Gasteiger partial charge in [0.1, 0.15) is 23.8 Å². The van der Waals surface area contributed by atoms with Crippen LogP contribution in [0.4, 0.5) is 4.39 Å². The molecule has 6 nitrogen and oxygen atoms in total. The van der Waals surface area contributed by atoms with Crippen LogP contribution in [0.1, 0.15) is 59.2 Å². The summed E-state index contributed by atoms with van der Waals surface area (Å²) in [5, 5.41) is 12.2. The number of pyridine rings is 2. The first-order valence-corrected chi connectivity index (χ1v) is 11.0. The molecule has 7 heteroatoms. The fraction of sp³-hybridized carbons (Fsp3) is 0.360. The Balaban J connectivity index is 1.70. The lowest BCUT2D eigenvalue weighted by Crippen LogP contribution is -2.38. The number of aryl methyl sites for hydroxylation is 1. The van der Waals surface area contributed by atoms with Crippen molar-refractivity contribution in [1.29, 1.82) is 0 Å². The van der Waals surface area contributed by atoms with Crippen molar-refractivity contribution >= 4 is 10.9 Å². The molecule has 2 aromatic heterocycles. The number of rotatable bonds is 1.